The minimum absolute atomic E-state index is 0.0376. The third-order valence-corrected chi connectivity index (χ3v) is 4.74. The summed E-state index contributed by atoms with van der Waals surface area (Å²) in [6.07, 6.45) is -0.445. The molecule has 0 spiro atoms. The lowest BCUT2D eigenvalue weighted by atomic mass is 9.72. The molecule has 2 aromatic rings. The van der Waals surface area contributed by atoms with E-state index >= 15 is 0 Å². The molecule has 2 rings (SSSR count). The van der Waals surface area contributed by atoms with Gasteiger partial charge in [-0.25, -0.2) is 0 Å². The molecule has 0 aliphatic rings. The molecule has 0 atom stereocenters. The van der Waals surface area contributed by atoms with Crippen LogP contribution in [0.4, 0.5) is 0 Å². The number of hydrogen-bond donors (Lipinski definition) is 2. The Morgan fingerprint density at radius 3 is 1.83 bits per heavy atom. The molecule has 0 radical (unpaired) electrons. The zero-order valence-electron chi connectivity index (χ0n) is 13.5. The Labute approximate surface area is 141 Å². The summed E-state index contributed by atoms with van der Waals surface area (Å²) in [4.78, 5) is 31.6. The molecule has 0 aliphatic heterocycles. The number of benzene rings is 2. The molecule has 0 saturated carbocycles. The van der Waals surface area contributed by atoms with Gasteiger partial charge in [0.2, 0.25) is 0 Å². The third kappa shape index (κ3) is 4.12. The summed E-state index contributed by atoms with van der Waals surface area (Å²) in [5, 5.41) is 0. The highest BCUT2D eigenvalue weighted by atomic mass is 31.2. The van der Waals surface area contributed by atoms with E-state index in [0.29, 0.717) is 11.1 Å². The minimum atomic E-state index is -4.27. The zero-order valence-corrected chi connectivity index (χ0v) is 14.4. The summed E-state index contributed by atoms with van der Waals surface area (Å²) in [5.74, 6) is -0.504. The number of carbonyl (C=O) groups is 1. The van der Waals surface area contributed by atoms with Crippen LogP contribution in [0.1, 0.15) is 24.5 Å². The van der Waals surface area contributed by atoms with Crippen molar-refractivity contribution in [2.75, 3.05) is 12.8 Å². The quantitative estimate of drug-likeness (QED) is 0.593. The molecule has 2 N–H and O–H groups in total. The van der Waals surface area contributed by atoms with Crippen molar-refractivity contribution < 1.29 is 23.9 Å². The van der Waals surface area contributed by atoms with Gasteiger partial charge in [0.05, 0.1) is 12.8 Å². The van der Waals surface area contributed by atoms with Crippen molar-refractivity contribution in [2.45, 2.75) is 18.8 Å². The Morgan fingerprint density at radius 2 is 1.46 bits per heavy atom. The molecule has 0 saturated heterocycles. The summed E-state index contributed by atoms with van der Waals surface area (Å²) in [6, 6.07) is 18.0. The molecular weight excluding hydrogens is 327 g/mol. The van der Waals surface area contributed by atoms with Crippen LogP contribution in [0.5, 0.6) is 0 Å². The predicted octanol–water partition coefficient (Wildman–Crippen LogP) is 3.10. The highest BCUT2D eigenvalue weighted by molar-refractivity contribution is 7.51. The van der Waals surface area contributed by atoms with Gasteiger partial charge < -0.3 is 14.5 Å². The normalized spacial score (nSPS) is 12.0. The van der Waals surface area contributed by atoms with Gasteiger partial charge in [-0.1, -0.05) is 60.7 Å². The summed E-state index contributed by atoms with van der Waals surface area (Å²) >= 11 is 0. The molecule has 0 aromatic heterocycles. The topological polar surface area (TPSA) is 83.8 Å². The van der Waals surface area contributed by atoms with Crippen molar-refractivity contribution in [3.63, 3.8) is 0 Å². The Balaban J connectivity index is 2.63. The second-order valence-electron chi connectivity index (χ2n) is 5.50. The lowest BCUT2D eigenvalue weighted by molar-refractivity contribution is -0.148. The van der Waals surface area contributed by atoms with E-state index in [-0.39, 0.29) is 13.0 Å². The predicted molar refractivity (Wildman–Crippen MR) is 91.8 cm³/mol. The fourth-order valence-electron chi connectivity index (χ4n) is 2.81. The van der Waals surface area contributed by atoms with Gasteiger partial charge in [0.15, 0.2) is 0 Å². The van der Waals surface area contributed by atoms with E-state index < -0.39 is 25.1 Å². The fourth-order valence-corrected chi connectivity index (χ4v) is 3.43. The lowest BCUT2D eigenvalue weighted by Crippen LogP contribution is -2.39. The first kappa shape index (κ1) is 18.4. The number of rotatable bonds is 7. The van der Waals surface area contributed by atoms with Gasteiger partial charge in [0, 0.05) is 0 Å². The van der Waals surface area contributed by atoms with Crippen molar-refractivity contribution in [1.82, 2.24) is 0 Å². The van der Waals surface area contributed by atoms with E-state index in [1.54, 1.807) is 55.5 Å². The molecule has 6 heteroatoms. The maximum absolute atomic E-state index is 12.9. The van der Waals surface area contributed by atoms with Crippen molar-refractivity contribution in [2.24, 2.45) is 0 Å². The van der Waals surface area contributed by atoms with Gasteiger partial charge in [-0.2, -0.15) is 0 Å². The van der Waals surface area contributed by atoms with E-state index in [1.807, 2.05) is 12.1 Å². The number of ether oxygens (including phenoxy) is 1. The highest BCUT2D eigenvalue weighted by Crippen LogP contribution is 2.44. The Hall–Kier alpha value is -1.94. The van der Waals surface area contributed by atoms with Crippen LogP contribution in [-0.4, -0.2) is 28.5 Å². The van der Waals surface area contributed by atoms with E-state index in [2.05, 4.69) is 0 Å². The van der Waals surface area contributed by atoms with Crippen LogP contribution >= 0.6 is 7.60 Å². The molecule has 2 aromatic carbocycles. The van der Waals surface area contributed by atoms with E-state index in [4.69, 9.17) is 4.74 Å². The second kappa shape index (κ2) is 7.75. The molecule has 0 bridgehead atoms. The van der Waals surface area contributed by atoms with Crippen LogP contribution in [0.2, 0.25) is 0 Å². The fraction of sp³-hybridized carbons (Fsp3) is 0.278. The standard InChI is InChI=1S/C18H21O5P/c1-2-23-17(19)18(13-14-24(20,21)22,15-9-5-3-6-10-15)16-11-7-4-8-12-16/h3-12H,2,13-14H2,1H3,(H2,20,21,22). The SMILES string of the molecule is CCOC(=O)C(CCP(=O)(O)O)(c1ccccc1)c1ccccc1. The average Bonchev–Trinajstić information content (AvgIpc) is 2.57. The molecule has 0 amide bonds. The smallest absolute Gasteiger partial charge is 0.325 e. The molecule has 0 fully saturated rings. The molecular formula is C18H21O5P. The first-order valence-corrected chi connectivity index (χ1v) is 9.53. The number of hydrogen-bond acceptors (Lipinski definition) is 3. The summed E-state index contributed by atoms with van der Waals surface area (Å²) < 4.78 is 16.8. The van der Waals surface area contributed by atoms with Crippen molar-refractivity contribution >= 4 is 13.6 Å². The van der Waals surface area contributed by atoms with Gasteiger partial charge in [-0.15, -0.1) is 0 Å². The van der Waals surface area contributed by atoms with E-state index in [1.165, 1.54) is 0 Å². The summed E-state index contributed by atoms with van der Waals surface area (Å²) in [6.45, 7) is 1.90. The Bertz CT molecular complexity index is 669. The molecule has 24 heavy (non-hydrogen) atoms. The van der Waals surface area contributed by atoms with Gasteiger partial charge in [0.1, 0.15) is 5.41 Å². The highest BCUT2D eigenvalue weighted by Gasteiger charge is 2.44. The van der Waals surface area contributed by atoms with E-state index in [9.17, 15) is 19.1 Å². The maximum atomic E-state index is 12.9. The lowest BCUT2D eigenvalue weighted by Gasteiger charge is -2.32. The largest absolute Gasteiger partial charge is 0.465 e. The Morgan fingerprint density at radius 1 is 1.00 bits per heavy atom. The zero-order chi connectivity index (χ0) is 17.6. The third-order valence-electron chi connectivity index (χ3n) is 3.94. The minimum Gasteiger partial charge on any atom is -0.465 e. The maximum Gasteiger partial charge on any atom is 0.325 e. The van der Waals surface area contributed by atoms with Crippen LogP contribution in [-0.2, 0) is 19.5 Å². The second-order valence-corrected chi connectivity index (χ2v) is 7.27. The number of carbonyl (C=O) groups excluding carboxylic acids is 1. The van der Waals surface area contributed by atoms with Gasteiger partial charge in [-0.05, 0) is 24.5 Å². The molecule has 0 aliphatic carbocycles. The van der Waals surface area contributed by atoms with Crippen molar-refractivity contribution in [3.8, 4) is 0 Å². The van der Waals surface area contributed by atoms with Crippen LogP contribution < -0.4 is 0 Å². The summed E-state index contributed by atoms with van der Waals surface area (Å²) in [5.41, 5.74) is 0.0609. The van der Waals surface area contributed by atoms with Gasteiger partial charge in [0.25, 0.3) is 0 Å². The van der Waals surface area contributed by atoms with Crippen LogP contribution in [0.15, 0.2) is 60.7 Å². The monoisotopic (exact) mass is 348 g/mol. The first-order chi connectivity index (χ1) is 11.4. The molecule has 5 nitrogen and oxygen atoms in total. The molecule has 0 heterocycles. The van der Waals surface area contributed by atoms with Crippen LogP contribution in [0.3, 0.4) is 0 Å². The van der Waals surface area contributed by atoms with E-state index in [0.717, 1.165) is 0 Å². The Kier molecular flexibility index (Phi) is 5.94. The van der Waals surface area contributed by atoms with Gasteiger partial charge in [-0.3, -0.25) is 9.36 Å². The van der Waals surface area contributed by atoms with Crippen molar-refractivity contribution in [1.29, 1.82) is 0 Å². The number of esters is 1. The van der Waals surface area contributed by atoms with Crippen molar-refractivity contribution in [3.05, 3.63) is 71.8 Å². The van der Waals surface area contributed by atoms with Crippen LogP contribution in [0.25, 0.3) is 0 Å². The average molecular weight is 348 g/mol. The van der Waals surface area contributed by atoms with Crippen LogP contribution in [0, 0.1) is 0 Å². The first-order valence-electron chi connectivity index (χ1n) is 7.73. The van der Waals surface area contributed by atoms with Gasteiger partial charge >= 0.3 is 13.6 Å². The molecule has 128 valence electrons. The molecule has 0 unspecified atom stereocenters. The summed E-state index contributed by atoms with van der Waals surface area (Å²) in [7, 11) is -4.27.